The molecule has 1 heterocycles. The molecule has 1 aromatic rings. The monoisotopic (exact) mass is 368 g/mol. The summed E-state index contributed by atoms with van der Waals surface area (Å²) < 4.78 is 26.3. The lowest BCUT2D eigenvalue weighted by atomic mass is 10.2. The summed E-state index contributed by atoms with van der Waals surface area (Å²) in [5, 5.41) is 2.69. The van der Waals surface area contributed by atoms with Gasteiger partial charge in [-0.25, -0.2) is 8.42 Å². The van der Waals surface area contributed by atoms with Crippen molar-refractivity contribution >= 4 is 43.2 Å². The van der Waals surface area contributed by atoms with E-state index in [0.29, 0.717) is 12.5 Å². The van der Waals surface area contributed by atoms with Crippen LogP contribution in [0, 0.1) is 5.92 Å². The molecule has 0 saturated carbocycles. The highest BCUT2D eigenvalue weighted by Gasteiger charge is 2.24. The molecule has 1 rings (SSSR count). The molecule has 1 amide bonds. The number of halogens is 1. The summed E-state index contributed by atoms with van der Waals surface area (Å²) in [5.41, 5.74) is 0. The van der Waals surface area contributed by atoms with Crippen molar-refractivity contribution in [2.24, 2.45) is 5.92 Å². The van der Waals surface area contributed by atoms with Crippen molar-refractivity contribution in [1.29, 1.82) is 0 Å². The van der Waals surface area contributed by atoms with Gasteiger partial charge >= 0.3 is 0 Å². The average molecular weight is 369 g/mol. The van der Waals surface area contributed by atoms with Crippen LogP contribution in [0.15, 0.2) is 20.1 Å². The fourth-order valence-corrected chi connectivity index (χ4v) is 4.60. The molecule has 0 bridgehead atoms. The van der Waals surface area contributed by atoms with Crippen LogP contribution in [0.4, 0.5) is 0 Å². The van der Waals surface area contributed by atoms with Crippen LogP contribution < -0.4 is 5.32 Å². The van der Waals surface area contributed by atoms with Gasteiger partial charge in [0.2, 0.25) is 5.91 Å². The number of carbonyl (C=O) groups is 1. The predicted octanol–water partition coefficient (Wildman–Crippen LogP) is 1.90. The second-order valence-electron chi connectivity index (χ2n) is 4.52. The largest absolute Gasteiger partial charge is 0.355 e. The highest BCUT2D eigenvalue weighted by atomic mass is 79.9. The third-order valence-electron chi connectivity index (χ3n) is 2.29. The number of amides is 1. The Labute approximate surface area is 126 Å². The van der Waals surface area contributed by atoms with Gasteiger partial charge in [-0.1, -0.05) is 13.8 Å². The van der Waals surface area contributed by atoms with Gasteiger partial charge in [0.15, 0.2) is 0 Å². The van der Waals surface area contributed by atoms with E-state index < -0.39 is 10.0 Å². The quantitative estimate of drug-likeness (QED) is 0.833. The molecule has 0 atom stereocenters. The minimum absolute atomic E-state index is 0.176. The van der Waals surface area contributed by atoms with Crippen molar-refractivity contribution < 1.29 is 13.2 Å². The van der Waals surface area contributed by atoms with Gasteiger partial charge in [0, 0.05) is 13.6 Å². The molecule has 5 nitrogen and oxygen atoms in total. The highest BCUT2D eigenvalue weighted by Crippen LogP contribution is 2.27. The van der Waals surface area contributed by atoms with Crippen molar-refractivity contribution in [2.75, 3.05) is 20.1 Å². The predicted molar refractivity (Wildman–Crippen MR) is 79.7 cm³/mol. The van der Waals surface area contributed by atoms with E-state index in [9.17, 15) is 13.2 Å². The number of carbonyl (C=O) groups excluding carboxylic acids is 1. The van der Waals surface area contributed by atoms with Crippen LogP contribution in [0.5, 0.6) is 0 Å². The normalized spacial score (nSPS) is 12.1. The third kappa shape index (κ3) is 4.87. The van der Waals surface area contributed by atoms with E-state index >= 15 is 0 Å². The average Bonchev–Trinajstić information content (AvgIpc) is 2.73. The molecular formula is C11H17BrN2O3S2. The first-order valence-electron chi connectivity index (χ1n) is 5.72. The smallest absolute Gasteiger partial charge is 0.252 e. The van der Waals surface area contributed by atoms with E-state index in [0.717, 1.165) is 19.4 Å². The van der Waals surface area contributed by atoms with E-state index in [1.54, 1.807) is 6.07 Å². The molecule has 8 heteroatoms. The molecular weight excluding hydrogens is 352 g/mol. The number of hydrogen-bond donors (Lipinski definition) is 1. The Morgan fingerprint density at radius 3 is 2.58 bits per heavy atom. The van der Waals surface area contributed by atoms with E-state index in [4.69, 9.17) is 0 Å². The zero-order valence-corrected chi connectivity index (χ0v) is 14.2. The second-order valence-corrected chi connectivity index (χ2v) is 9.25. The first-order chi connectivity index (χ1) is 8.73. The molecule has 19 heavy (non-hydrogen) atoms. The fraction of sp³-hybridized carbons (Fsp3) is 0.545. The highest BCUT2D eigenvalue weighted by molar-refractivity contribution is 9.11. The molecule has 0 aromatic carbocycles. The van der Waals surface area contributed by atoms with Crippen molar-refractivity contribution in [1.82, 2.24) is 9.62 Å². The number of thiophene rings is 1. The van der Waals surface area contributed by atoms with Crippen LogP contribution in [0.25, 0.3) is 0 Å². The minimum Gasteiger partial charge on any atom is -0.355 e. The zero-order chi connectivity index (χ0) is 14.6. The Kier molecular flexibility index (Phi) is 5.97. The first-order valence-corrected chi connectivity index (χ1v) is 8.77. The van der Waals surface area contributed by atoms with Crippen LogP contribution in [-0.4, -0.2) is 38.8 Å². The summed E-state index contributed by atoms with van der Waals surface area (Å²) in [6, 6.07) is 3.19. The summed E-state index contributed by atoms with van der Waals surface area (Å²) in [5.74, 6) is 0.0366. The maximum absolute atomic E-state index is 12.2. The molecule has 0 fully saturated rings. The zero-order valence-electron chi connectivity index (χ0n) is 11.0. The molecule has 0 unspecified atom stereocenters. The van der Waals surface area contributed by atoms with E-state index in [2.05, 4.69) is 21.2 Å². The Bertz CT molecular complexity index is 540. The van der Waals surface area contributed by atoms with Crippen molar-refractivity contribution in [3.63, 3.8) is 0 Å². The number of hydrogen-bond acceptors (Lipinski definition) is 4. The molecule has 0 aliphatic rings. The van der Waals surface area contributed by atoms with Crippen LogP contribution in [-0.2, 0) is 14.8 Å². The molecule has 0 aliphatic carbocycles. The van der Waals surface area contributed by atoms with E-state index in [-0.39, 0.29) is 16.7 Å². The van der Waals surface area contributed by atoms with Crippen molar-refractivity contribution in [3.05, 3.63) is 15.9 Å². The molecule has 0 radical (unpaired) electrons. The molecule has 1 aromatic heterocycles. The number of nitrogens with one attached hydrogen (secondary N) is 1. The van der Waals surface area contributed by atoms with E-state index in [1.165, 1.54) is 13.1 Å². The number of nitrogens with zero attached hydrogens (tertiary/aromatic N) is 1. The summed E-state index contributed by atoms with van der Waals surface area (Å²) >= 11 is 4.35. The Balaban J connectivity index is 2.67. The third-order valence-corrected chi connectivity index (χ3v) is 6.18. The van der Waals surface area contributed by atoms with Gasteiger partial charge in [-0.05, 0) is 34.0 Å². The van der Waals surface area contributed by atoms with Gasteiger partial charge in [0.1, 0.15) is 4.21 Å². The molecule has 0 spiro atoms. The Hall–Kier alpha value is -0.440. The topological polar surface area (TPSA) is 66.5 Å². The maximum Gasteiger partial charge on any atom is 0.252 e. The lowest BCUT2D eigenvalue weighted by Crippen LogP contribution is -2.39. The second kappa shape index (κ2) is 6.83. The fourth-order valence-electron chi connectivity index (χ4n) is 1.25. The number of rotatable bonds is 6. The lowest BCUT2D eigenvalue weighted by molar-refractivity contribution is -0.121. The minimum atomic E-state index is -3.59. The summed E-state index contributed by atoms with van der Waals surface area (Å²) in [7, 11) is -2.19. The van der Waals surface area contributed by atoms with Crippen LogP contribution in [0.2, 0.25) is 0 Å². The summed E-state index contributed by atoms with van der Waals surface area (Å²) in [6.45, 7) is 4.32. The standard InChI is InChI=1S/C11H17BrN2O3S2/c1-8(2)6-13-10(15)7-14(3)19(16,17)11-5-4-9(12)18-11/h4-5,8H,6-7H2,1-3H3,(H,13,15). The SMILES string of the molecule is CC(C)CNC(=O)CN(C)S(=O)(=O)c1ccc(Br)s1. The van der Waals surface area contributed by atoms with Crippen LogP contribution in [0.3, 0.4) is 0 Å². The van der Waals surface area contributed by atoms with Crippen molar-refractivity contribution in [2.45, 2.75) is 18.1 Å². The molecule has 0 saturated heterocycles. The van der Waals surface area contributed by atoms with Gasteiger partial charge in [-0.3, -0.25) is 4.79 Å². The molecule has 108 valence electrons. The lowest BCUT2D eigenvalue weighted by Gasteiger charge is -2.16. The molecule has 0 aliphatic heterocycles. The summed E-state index contributed by atoms with van der Waals surface area (Å²) in [4.78, 5) is 11.6. The maximum atomic E-state index is 12.2. The molecule has 1 N–H and O–H groups in total. The van der Waals surface area contributed by atoms with Crippen LogP contribution in [0.1, 0.15) is 13.8 Å². The van der Waals surface area contributed by atoms with Gasteiger partial charge in [-0.15, -0.1) is 11.3 Å². The van der Waals surface area contributed by atoms with Gasteiger partial charge < -0.3 is 5.32 Å². The van der Waals surface area contributed by atoms with Crippen LogP contribution >= 0.6 is 27.3 Å². The number of sulfonamides is 1. The van der Waals surface area contributed by atoms with Gasteiger partial charge in [-0.2, -0.15) is 4.31 Å². The van der Waals surface area contributed by atoms with Gasteiger partial charge in [0.05, 0.1) is 10.3 Å². The van der Waals surface area contributed by atoms with E-state index in [1.807, 2.05) is 13.8 Å². The Morgan fingerprint density at radius 1 is 1.47 bits per heavy atom. The number of likely N-dealkylation sites (N-methyl/N-ethyl adjacent to an activating group) is 1. The first kappa shape index (κ1) is 16.6. The summed E-state index contributed by atoms with van der Waals surface area (Å²) in [6.07, 6.45) is 0. The van der Waals surface area contributed by atoms with Crippen molar-refractivity contribution in [3.8, 4) is 0 Å². The Morgan fingerprint density at radius 2 is 2.11 bits per heavy atom. The van der Waals surface area contributed by atoms with Gasteiger partial charge in [0.25, 0.3) is 10.0 Å².